The van der Waals surface area contributed by atoms with E-state index in [1.165, 1.54) is 0 Å². The van der Waals surface area contributed by atoms with Gasteiger partial charge in [0.25, 0.3) is 5.91 Å². The third-order valence-corrected chi connectivity index (χ3v) is 5.59. The number of carbonyl (C=O) groups is 1. The number of aromatic nitrogens is 1. The van der Waals surface area contributed by atoms with Crippen molar-refractivity contribution in [3.63, 3.8) is 0 Å². The molecule has 0 aliphatic rings. The van der Waals surface area contributed by atoms with E-state index >= 15 is 0 Å². The quantitative estimate of drug-likeness (QED) is 0.492. The molecule has 0 atom stereocenters. The van der Waals surface area contributed by atoms with Crippen LogP contribution in [0.3, 0.4) is 0 Å². The largest absolute Gasteiger partial charge is 0.449 e. The zero-order valence-corrected chi connectivity index (χ0v) is 15.3. The molecule has 0 saturated heterocycles. The van der Waals surface area contributed by atoms with Crippen LogP contribution in [0.4, 0.5) is 0 Å². The highest BCUT2D eigenvalue weighted by atomic mass is 32.1. The zero-order valence-electron chi connectivity index (χ0n) is 13.6. The van der Waals surface area contributed by atoms with E-state index in [9.17, 15) is 4.79 Å². The van der Waals surface area contributed by atoms with Gasteiger partial charge in [-0.25, -0.2) is 4.98 Å². The fourth-order valence-electron chi connectivity index (χ4n) is 2.67. The highest BCUT2D eigenvalue weighted by Gasteiger charge is 2.21. The lowest BCUT2D eigenvalue weighted by Gasteiger charge is -2.20. The highest BCUT2D eigenvalue weighted by molar-refractivity contribution is 7.10. The number of carbonyl (C=O) groups excluding carboxylic acids is 1. The number of amides is 1. The molecule has 126 valence electrons. The molecular formula is C19H16N2O2S2. The van der Waals surface area contributed by atoms with Crippen LogP contribution in [-0.2, 0) is 13.1 Å². The Morgan fingerprint density at radius 1 is 1.08 bits per heavy atom. The highest BCUT2D eigenvalue weighted by Crippen LogP contribution is 2.23. The number of hydrogen-bond acceptors (Lipinski definition) is 5. The predicted octanol–water partition coefficient (Wildman–Crippen LogP) is 5.10. The normalized spacial score (nSPS) is 11.1. The van der Waals surface area contributed by atoms with E-state index < -0.39 is 0 Å². The standard InChI is InChI=1S/C19H16N2O2S2/c1-13-6-7-17-16(20-13)10-18(23-17)19(22)21(11-14-4-2-8-24-14)12-15-5-3-9-25-15/h2-10H,11-12H2,1H3. The third kappa shape index (κ3) is 3.50. The van der Waals surface area contributed by atoms with E-state index in [1.807, 2.05) is 59.0 Å². The summed E-state index contributed by atoms with van der Waals surface area (Å²) in [6.07, 6.45) is 0. The lowest BCUT2D eigenvalue weighted by atomic mass is 10.3. The molecule has 25 heavy (non-hydrogen) atoms. The van der Waals surface area contributed by atoms with Crippen LogP contribution in [0.25, 0.3) is 11.1 Å². The summed E-state index contributed by atoms with van der Waals surface area (Å²) in [6.45, 7) is 3.06. The molecule has 6 heteroatoms. The van der Waals surface area contributed by atoms with Crippen molar-refractivity contribution in [3.8, 4) is 0 Å². The van der Waals surface area contributed by atoms with E-state index in [0.717, 1.165) is 21.0 Å². The SMILES string of the molecule is Cc1ccc2oc(C(=O)N(Cc3cccs3)Cc3cccs3)cc2n1. The van der Waals surface area contributed by atoms with Gasteiger partial charge in [-0.3, -0.25) is 4.79 Å². The first kappa shape index (κ1) is 16.1. The van der Waals surface area contributed by atoms with E-state index in [0.29, 0.717) is 24.4 Å². The van der Waals surface area contributed by atoms with Gasteiger partial charge in [0, 0.05) is 21.5 Å². The minimum atomic E-state index is -0.113. The van der Waals surface area contributed by atoms with Crippen LogP contribution in [0.5, 0.6) is 0 Å². The Bertz CT molecular complexity index is 952. The molecule has 0 aliphatic heterocycles. The van der Waals surface area contributed by atoms with Gasteiger partial charge in [0.15, 0.2) is 11.3 Å². The van der Waals surface area contributed by atoms with E-state index in [-0.39, 0.29) is 5.91 Å². The molecular weight excluding hydrogens is 352 g/mol. The fourth-order valence-corrected chi connectivity index (χ4v) is 4.11. The van der Waals surface area contributed by atoms with E-state index in [2.05, 4.69) is 4.98 Å². The molecule has 4 aromatic heterocycles. The number of nitrogens with zero attached hydrogens (tertiary/aromatic N) is 2. The smallest absolute Gasteiger partial charge is 0.290 e. The zero-order chi connectivity index (χ0) is 17.2. The number of hydrogen-bond donors (Lipinski definition) is 0. The molecule has 0 N–H and O–H groups in total. The van der Waals surface area contributed by atoms with Gasteiger partial charge >= 0.3 is 0 Å². The molecule has 0 saturated carbocycles. The molecule has 4 aromatic rings. The van der Waals surface area contributed by atoms with Crippen LogP contribution in [0.1, 0.15) is 26.0 Å². The van der Waals surface area contributed by atoms with Crippen molar-refractivity contribution in [2.24, 2.45) is 0 Å². The maximum atomic E-state index is 13.1. The van der Waals surface area contributed by atoms with Crippen molar-refractivity contribution < 1.29 is 9.21 Å². The Labute approximate surface area is 153 Å². The molecule has 0 spiro atoms. The van der Waals surface area contributed by atoms with Crippen LogP contribution >= 0.6 is 22.7 Å². The minimum Gasteiger partial charge on any atom is -0.449 e. The summed E-state index contributed by atoms with van der Waals surface area (Å²) < 4.78 is 5.76. The molecule has 0 radical (unpaired) electrons. The molecule has 4 heterocycles. The summed E-state index contributed by atoms with van der Waals surface area (Å²) in [6, 6.07) is 13.6. The fraction of sp³-hybridized carbons (Fsp3) is 0.158. The predicted molar refractivity (Wildman–Crippen MR) is 101 cm³/mol. The Hall–Kier alpha value is -2.44. The Morgan fingerprint density at radius 3 is 2.36 bits per heavy atom. The average molecular weight is 368 g/mol. The van der Waals surface area contributed by atoms with Crippen LogP contribution in [-0.4, -0.2) is 15.8 Å². The minimum absolute atomic E-state index is 0.113. The molecule has 0 aliphatic carbocycles. The lowest BCUT2D eigenvalue weighted by molar-refractivity contribution is 0.0703. The van der Waals surface area contributed by atoms with Crippen molar-refractivity contribution in [2.45, 2.75) is 20.0 Å². The molecule has 4 nitrogen and oxygen atoms in total. The van der Waals surface area contributed by atoms with Gasteiger partial charge in [-0.05, 0) is 41.9 Å². The topological polar surface area (TPSA) is 46.3 Å². The molecule has 0 unspecified atom stereocenters. The number of pyridine rings is 1. The van der Waals surface area contributed by atoms with Crippen molar-refractivity contribution in [3.05, 3.63) is 74.4 Å². The van der Waals surface area contributed by atoms with Crippen LogP contribution in [0, 0.1) is 6.92 Å². The van der Waals surface area contributed by atoms with Gasteiger partial charge < -0.3 is 9.32 Å². The number of thiophene rings is 2. The second kappa shape index (κ2) is 6.82. The number of rotatable bonds is 5. The van der Waals surface area contributed by atoms with E-state index in [4.69, 9.17) is 4.42 Å². The molecule has 0 fully saturated rings. The van der Waals surface area contributed by atoms with Crippen LogP contribution < -0.4 is 0 Å². The molecule has 1 amide bonds. The van der Waals surface area contributed by atoms with E-state index in [1.54, 1.807) is 28.7 Å². The van der Waals surface area contributed by atoms with Crippen molar-refractivity contribution in [2.75, 3.05) is 0 Å². The van der Waals surface area contributed by atoms with Gasteiger partial charge in [-0.1, -0.05) is 12.1 Å². The van der Waals surface area contributed by atoms with Gasteiger partial charge in [0.1, 0.15) is 5.52 Å². The van der Waals surface area contributed by atoms with Crippen molar-refractivity contribution >= 4 is 39.7 Å². The van der Waals surface area contributed by atoms with Crippen LogP contribution in [0.2, 0.25) is 0 Å². The van der Waals surface area contributed by atoms with Gasteiger partial charge in [0.05, 0.1) is 13.1 Å². The lowest BCUT2D eigenvalue weighted by Crippen LogP contribution is -2.29. The summed E-state index contributed by atoms with van der Waals surface area (Å²) in [4.78, 5) is 21.6. The second-order valence-corrected chi connectivity index (χ2v) is 7.83. The maximum Gasteiger partial charge on any atom is 0.290 e. The molecule has 0 bridgehead atoms. The summed E-state index contributed by atoms with van der Waals surface area (Å²) in [5.74, 6) is 0.221. The summed E-state index contributed by atoms with van der Waals surface area (Å²) in [7, 11) is 0. The number of furan rings is 1. The van der Waals surface area contributed by atoms with Gasteiger partial charge in [-0.15, -0.1) is 22.7 Å². The van der Waals surface area contributed by atoms with Crippen molar-refractivity contribution in [1.29, 1.82) is 0 Å². The Balaban J connectivity index is 1.65. The summed E-state index contributed by atoms with van der Waals surface area (Å²) >= 11 is 3.30. The molecule has 0 aromatic carbocycles. The van der Waals surface area contributed by atoms with Crippen molar-refractivity contribution in [1.82, 2.24) is 9.88 Å². The summed E-state index contributed by atoms with van der Waals surface area (Å²) in [5.41, 5.74) is 2.26. The Kier molecular flexibility index (Phi) is 4.38. The summed E-state index contributed by atoms with van der Waals surface area (Å²) in [5, 5.41) is 4.05. The Morgan fingerprint density at radius 2 is 1.76 bits per heavy atom. The monoisotopic (exact) mass is 368 g/mol. The first-order valence-corrected chi connectivity index (χ1v) is 9.66. The molecule has 4 rings (SSSR count). The second-order valence-electron chi connectivity index (χ2n) is 5.77. The number of aryl methyl sites for hydroxylation is 1. The average Bonchev–Trinajstić information content (AvgIpc) is 3.34. The maximum absolute atomic E-state index is 13.1. The number of fused-ring (bicyclic) bond motifs is 1. The third-order valence-electron chi connectivity index (χ3n) is 3.86. The first-order valence-electron chi connectivity index (χ1n) is 7.90. The first-order chi connectivity index (χ1) is 12.2. The van der Waals surface area contributed by atoms with Gasteiger partial charge in [-0.2, -0.15) is 0 Å². The van der Waals surface area contributed by atoms with Crippen LogP contribution in [0.15, 0.2) is 57.6 Å². The van der Waals surface area contributed by atoms with Gasteiger partial charge in [0.2, 0.25) is 0 Å².